The van der Waals surface area contributed by atoms with Gasteiger partial charge >= 0.3 is 5.97 Å². The zero-order valence-corrected chi connectivity index (χ0v) is 10.6. The average molecular weight is 261 g/mol. The Morgan fingerprint density at radius 1 is 1.42 bits per heavy atom. The number of nitrogens with zero attached hydrogens (tertiary/aromatic N) is 1. The second-order valence-corrected chi connectivity index (χ2v) is 4.89. The summed E-state index contributed by atoms with van der Waals surface area (Å²) in [4.78, 5) is 24.9. The third-order valence-corrected chi connectivity index (χ3v) is 3.56. The zero-order chi connectivity index (χ0) is 13.4. The molecule has 2 aliphatic heterocycles. The maximum absolute atomic E-state index is 11.9. The number of carbonyl (C=O) groups is 2. The largest absolute Gasteiger partial charge is 0.459 e. The maximum atomic E-state index is 11.9. The van der Waals surface area contributed by atoms with E-state index in [-0.39, 0.29) is 24.7 Å². The Kier molecular flexibility index (Phi) is 2.98. The predicted molar refractivity (Wildman–Crippen MR) is 65.8 cm³/mol. The minimum Gasteiger partial charge on any atom is -0.459 e. The first-order valence-corrected chi connectivity index (χ1v) is 6.33. The lowest BCUT2D eigenvalue weighted by Gasteiger charge is -2.38. The molecule has 0 aromatic heterocycles. The first kappa shape index (κ1) is 12.2. The molecule has 0 N–H and O–H groups in total. The van der Waals surface area contributed by atoms with Gasteiger partial charge in [0.25, 0.3) is 0 Å². The smallest absolute Gasteiger partial charge is 0.337 e. The van der Waals surface area contributed by atoms with Crippen LogP contribution in [-0.4, -0.2) is 35.7 Å². The van der Waals surface area contributed by atoms with E-state index in [9.17, 15) is 9.59 Å². The van der Waals surface area contributed by atoms with E-state index in [0.29, 0.717) is 6.54 Å². The van der Waals surface area contributed by atoms with Crippen molar-refractivity contribution in [3.63, 3.8) is 0 Å². The molecule has 0 spiro atoms. The molecule has 100 valence electrons. The highest BCUT2D eigenvalue weighted by Gasteiger charge is 2.53. The van der Waals surface area contributed by atoms with Gasteiger partial charge in [-0.3, -0.25) is 4.79 Å². The fourth-order valence-corrected chi connectivity index (χ4v) is 2.42. The SMILES string of the molecule is C[C@@H]1C(=O)N2C[C@@H](C(=O)OCc3ccccc3)O[C@H]12. The van der Waals surface area contributed by atoms with Gasteiger partial charge in [0.05, 0.1) is 12.5 Å². The van der Waals surface area contributed by atoms with Gasteiger partial charge in [-0.15, -0.1) is 0 Å². The first-order valence-electron chi connectivity index (χ1n) is 6.33. The number of ether oxygens (including phenoxy) is 2. The highest BCUT2D eigenvalue weighted by Crippen LogP contribution is 2.34. The Morgan fingerprint density at radius 2 is 2.16 bits per heavy atom. The van der Waals surface area contributed by atoms with Gasteiger partial charge in [-0.1, -0.05) is 30.3 Å². The van der Waals surface area contributed by atoms with Gasteiger partial charge in [-0.05, 0) is 12.5 Å². The number of esters is 1. The van der Waals surface area contributed by atoms with Crippen LogP contribution in [0.2, 0.25) is 0 Å². The normalized spacial score (nSPS) is 28.8. The summed E-state index contributed by atoms with van der Waals surface area (Å²) in [5, 5.41) is 0. The van der Waals surface area contributed by atoms with Crippen LogP contribution in [0.3, 0.4) is 0 Å². The Hall–Kier alpha value is -1.88. The summed E-state index contributed by atoms with van der Waals surface area (Å²) in [7, 11) is 0. The van der Waals surface area contributed by atoms with Crippen molar-refractivity contribution in [2.75, 3.05) is 6.54 Å². The summed E-state index contributed by atoms with van der Waals surface area (Å²) in [6, 6.07) is 9.47. The molecule has 2 saturated heterocycles. The van der Waals surface area contributed by atoms with Crippen molar-refractivity contribution in [1.29, 1.82) is 0 Å². The molecule has 1 aromatic carbocycles. The lowest BCUT2D eigenvalue weighted by Crippen LogP contribution is -2.56. The number of hydrogen-bond donors (Lipinski definition) is 0. The number of amides is 1. The van der Waals surface area contributed by atoms with Crippen molar-refractivity contribution in [2.24, 2.45) is 5.92 Å². The molecule has 3 atom stereocenters. The number of carbonyl (C=O) groups excluding carboxylic acids is 2. The van der Waals surface area contributed by atoms with Crippen LogP contribution < -0.4 is 0 Å². The van der Waals surface area contributed by atoms with Crippen molar-refractivity contribution in [3.05, 3.63) is 35.9 Å². The van der Waals surface area contributed by atoms with E-state index in [4.69, 9.17) is 9.47 Å². The molecule has 0 aliphatic carbocycles. The third-order valence-electron chi connectivity index (χ3n) is 3.56. The van der Waals surface area contributed by atoms with Crippen LogP contribution in [0.1, 0.15) is 12.5 Å². The van der Waals surface area contributed by atoms with Crippen LogP contribution in [0, 0.1) is 5.92 Å². The van der Waals surface area contributed by atoms with E-state index in [1.165, 1.54) is 0 Å². The van der Waals surface area contributed by atoms with Crippen molar-refractivity contribution in [3.8, 4) is 0 Å². The molecule has 19 heavy (non-hydrogen) atoms. The second-order valence-electron chi connectivity index (χ2n) is 4.89. The number of fused-ring (bicyclic) bond motifs is 1. The molecule has 0 radical (unpaired) electrons. The molecule has 5 nitrogen and oxygen atoms in total. The lowest BCUT2D eigenvalue weighted by atomic mass is 9.99. The molecule has 1 aromatic rings. The van der Waals surface area contributed by atoms with Crippen molar-refractivity contribution >= 4 is 11.9 Å². The summed E-state index contributed by atoms with van der Waals surface area (Å²) in [5.41, 5.74) is 0.932. The molecule has 2 aliphatic rings. The molecule has 1 amide bonds. The highest BCUT2D eigenvalue weighted by atomic mass is 16.6. The molecule has 0 saturated carbocycles. The standard InChI is InChI=1S/C14H15NO4/c1-9-12(16)15-7-11(19-13(9)15)14(17)18-8-10-5-3-2-4-6-10/h2-6,9,11,13H,7-8H2,1H3/t9-,11+,13-/m1/s1. The van der Waals surface area contributed by atoms with Gasteiger partial charge in [0.15, 0.2) is 6.10 Å². The summed E-state index contributed by atoms with van der Waals surface area (Å²) in [6.07, 6.45) is -0.899. The van der Waals surface area contributed by atoms with Crippen LogP contribution in [-0.2, 0) is 25.7 Å². The first-order chi connectivity index (χ1) is 9.16. The van der Waals surface area contributed by atoms with E-state index in [2.05, 4.69) is 0 Å². The molecule has 3 rings (SSSR count). The number of rotatable bonds is 3. The quantitative estimate of drug-likeness (QED) is 0.600. The Morgan fingerprint density at radius 3 is 2.84 bits per heavy atom. The Balaban J connectivity index is 1.54. The predicted octanol–water partition coefficient (Wildman–Crippen LogP) is 0.933. The van der Waals surface area contributed by atoms with Crippen molar-refractivity contribution in [1.82, 2.24) is 4.90 Å². The number of benzene rings is 1. The topological polar surface area (TPSA) is 55.8 Å². The van der Waals surface area contributed by atoms with Crippen LogP contribution in [0.15, 0.2) is 30.3 Å². The van der Waals surface area contributed by atoms with Crippen molar-refractivity contribution in [2.45, 2.75) is 25.9 Å². The monoisotopic (exact) mass is 261 g/mol. The minimum atomic E-state index is -0.650. The Bertz CT molecular complexity index is 501. The third kappa shape index (κ3) is 2.10. The average Bonchev–Trinajstić information content (AvgIpc) is 2.86. The van der Waals surface area contributed by atoms with E-state index >= 15 is 0 Å². The molecule has 5 heteroatoms. The van der Waals surface area contributed by atoms with Gasteiger partial charge < -0.3 is 14.4 Å². The van der Waals surface area contributed by atoms with Gasteiger partial charge in [-0.25, -0.2) is 4.79 Å². The van der Waals surface area contributed by atoms with Crippen LogP contribution >= 0.6 is 0 Å². The number of hydrogen-bond acceptors (Lipinski definition) is 4. The summed E-state index contributed by atoms with van der Waals surface area (Å²) < 4.78 is 10.7. The summed E-state index contributed by atoms with van der Waals surface area (Å²) >= 11 is 0. The van der Waals surface area contributed by atoms with Crippen LogP contribution in [0.4, 0.5) is 0 Å². The summed E-state index contributed by atoms with van der Waals surface area (Å²) in [6.45, 7) is 2.34. The fourth-order valence-electron chi connectivity index (χ4n) is 2.42. The second kappa shape index (κ2) is 4.66. The maximum Gasteiger partial charge on any atom is 0.337 e. The van der Waals surface area contributed by atoms with E-state index in [1.54, 1.807) is 11.8 Å². The van der Waals surface area contributed by atoms with Crippen LogP contribution in [0.5, 0.6) is 0 Å². The minimum absolute atomic E-state index is 0.0448. The van der Waals surface area contributed by atoms with E-state index in [0.717, 1.165) is 5.56 Å². The van der Waals surface area contributed by atoms with Gasteiger partial charge in [0.1, 0.15) is 12.8 Å². The molecule has 0 bridgehead atoms. The van der Waals surface area contributed by atoms with Gasteiger partial charge in [0.2, 0.25) is 5.91 Å². The van der Waals surface area contributed by atoms with Gasteiger partial charge in [0, 0.05) is 0 Å². The van der Waals surface area contributed by atoms with Crippen LogP contribution in [0.25, 0.3) is 0 Å². The molecule has 2 fully saturated rings. The molecular formula is C14H15NO4. The zero-order valence-electron chi connectivity index (χ0n) is 10.6. The molecular weight excluding hydrogens is 246 g/mol. The lowest BCUT2D eigenvalue weighted by molar-refractivity contribution is -0.176. The molecule has 0 unspecified atom stereocenters. The number of β-lactam (4-membered cyclic amide) rings is 1. The molecule has 2 heterocycles. The van der Waals surface area contributed by atoms with E-state index < -0.39 is 12.1 Å². The fraction of sp³-hybridized carbons (Fsp3) is 0.429. The Labute approximate surface area is 111 Å². The van der Waals surface area contributed by atoms with Crippen molar-refractivity contribution < 1.29 is 19.1 Å². The summed E-state index contributed by atoms with van der Waals surface area (Å²) in [5.74, 6) is -0.506. The highest BCUT2D eigenvalue weighted by molar-refractivity contribution is 5.87. The van der Waals surface area contributed by atoms with E-state index in [1.807, 2.05) is 30.3 Å². The van der Waals surface area contributed by atoms with Gasteiger partial charge in [-0.2, -0.15) is 0 Å².